The van der Waals surface area contributed by atoms with E-state index in [1.165, 1.54) is 16.4 Å². The molecular formula is C14H24FN3O2S. The highest BCUT2D eigenvalue weighted by Crippen LogP contribution is 2.25. The van der Waals surface area contributed by atoms with E-state index in [0.29, 0.717) is 19.6 Å². The predicted molar refractivity (Wildman–Crippen MR) is 83.0 cm³/mol. The number of para-hydroxylation sites is 1. The number of nitrogen functional groups attached to an aromatic ring is 1. The summed E-state index contributed by atoms with van der Waals surface area (Å²) in [4.78, 5) is 1.74. The first-order valence-corrected chi connectivity index (χ1v) is 8.29. The molecule has 0 saturated carbocycles. The van der Waals surface area contributed by atoms with Gasteiger partial charge in [0.25, 0.3) is 0 Å². The Labute approximate surface area is 126 Å². The Morgan fingerprint density at radius 2 is 1.86 bits per heavy atom. The molecule has 1 aromatic rings. The molecule has 21 heavy (non-hydrogen) atoms. The molecule has 0 unspecified atom stereocenters. The summed E-state index contributed by atoms with van der Waals surface area (Å²) < 4.78 is 40.3. The summed E-state index contributed by atoms with van der Waals surface area (Å²) in [5.41, 5.74) is 5.28. The average molecular weight is 317 g/mol. The number of hydrogen-bond acceptors (Lipinski definition) is 4. The lowest BCUT2D eigenvalue weighted by Gasteiger charge is -2.26. The van der Waals surface area contributed by atoms with Crippen molar-refractivity contribution in [2.45, 2.75) is 18.7 Å². The molecule has 0 aliphatic rings. The van der Waals surface area contributed by atoms with E-state index in [9.17, 15) is 12.8 Å². The van der Waals surface area contributed by atoms with E-state index >= 15 is 0 Å². The minimum Gasteiger partial charge on any atom is -0.395 e. The van der Waals surface area contributed by atoms with Gasteiger partial charge in [0.1, 0.15) is 10.7 Å². The van der Waals surface area contributed by atoms with Crippen LogP contribution in [-0.4, -0.2) is 51.4 Å². The van der Waals surface area contributed by atoms with Gasteiger partial charge in [0.05, 0.1) is 5.69 Å². The van der Waals surface area contributed by atoms with Crippen LogP contribution in [0.1, 0.15) is 13.8 Å². The number of halogens is 1. The second-order valence-corrected chi connectivity index (χ2v) is 7.62. The van der Waals surface area contributed by atoms with Crippen molar-refractivity contribution >= 4 is 15.7 Å². The Kier molecular flexibility index (Phi) is 6.12. The number of hydrogen-bond donors (Lipinski definition) is 1. The fourth-order valence-electron chi connectivity index (χ4n) is 1.91. The van der Waals surface area contributed by atoms with Crippen LogP contribution in [0.5, 0.6) is 0 Å². The van der Waals surface area contributed by atoms with Gasteiger partial charge in [0.15, 0.2) is 0 Å². The minimum absolute atomic E-state index is 0.164. The van der Waals surface area contributed by atoms with Crippen molar-refractivity contribution in [2.75, 3.05) is 39.5 Å². The molecule has 0 radical (unpaired) electrons. The minimum atomic E-state index is -3.80. The van der Waals surface area contributed by atoms with Gasteiger partial charge < -0.3 is 10.6 Å². The fraction of sp³-hybridized carbons (Fsp3) is 0.571. The lowest BCUT2D eigenvalue weighted by molar-refractivity contribution is 0.312. The molecule has 0 saturated heterocycles. The molecule has 0 atom stereocenters. The summed E-state index contributed by atoms with van der Waals surface area (Å²) in [6, 6.07) is 3.86. The molecule has 0 amide bonds. The predicted octanol–water partition coefficient (Wildman–Crippen LogP) is 1.62. The number of benzene rings is 1. The third kappa shape index (κ3) is 4.66. The van der Waals surface area contributed by atoms with Crippen LogP contribution in [-0.2, 0) is 10.0 Å². The van der Waals surface area contributed by atoms with Crippen molar-refractivity contribution in [3.8, 4) is 0 Å². The van der Waals surface area contributed by atoms with Crippen LogP contribution in [0.15, 0.2) is 23.1 Å². The van der Waals surface area contributed by atoms with Gasteiger partial charge in [-0.05, 0) is 32.1 Å². The van der Waals surface area contributed by atoms with Gasteiger partial charge in [0.2, 0.25) is 10.0 Å². The van der Waals surface area contributed by atoms with Crippen molar-refractivity contribution in [2.24, 2.45) is 5.92 Å². The first kappa shape index (κ1) is 17.9. The number of sulfonamides is 1. The van der Waals surface area contributed by atoms with Crippen LogP contribution in [0, 0.1) is 11.7 Å². The van der Waals surface area contributed by atoms with Gasteiger partial charge >= 0.3 is 0 Å². The summed E-state index contributed by atoms with van der Waals surface area (Å²) in [5.74, 6) is -0.551. The number of anilines is 1. The van der Waals surface area contributed by atoms with Crippen LogP contribution in [0.2, 0.25) is 0 Å². The Hall–Kier alpha value is -1.18. The Morgan fingerprint density at radius 3 is 2.38 bits per heavy atom. The molecule has 0 fully saturated rings. The van der Waals surface area contributed by atoms with E-state index < -0.39 is 15.8 Å². The molecule has 2 N–H and O–H groups in total. The van der Waals surface area contributed by atoms with E-state index in [4.69, 9.17) is 5.73 Å². The second kappa shape index (κ2) is 7.20. The SMILES string of the molecule is CC(C)CN(CCN(C)C)S(=O)(=O)c1cccc(F)c1N. The quantitative estimate of drug-likeness (QED) is 0.776. The Balaban J connectivity index is 3.16. The van der Waals surface area contributed by atoms with E-state index in [-0.39, 0.29) is 16.5 Å². The van der Waals surface area contributed by atoms with Gasteiger partial charge in [-0.2, -0.15) is 4.31 Å². The molecule has 0 aliphatic heterocycles. The van der Waals surface area contributed by atoms with Gasteiger partial charge in [-0.1, -0.05) is 19.9 Å². The number of likely N-dealkylation sites (N-methyl/N-ethyl adjacent to an activating group) is 1. The summed E-state index contributed by atoms with van der Waals surface area (Å²) in [6.45, 7) is 5.16. The molecule has 0 spiro atoms. The lowest BCUT2D eigenvalue weighted by Crippen LogP contribution is -2.39. The standard InChI is InChI=1S/C14H24FN3O2S/c1-11(2)10-18(9-8-17(3)4)21(19,20)13-7-5-6-12(15)14(13)16/h5-7,11H,8-10,16H2,1-4H3. The monoisotopic (exact) mass is 317 g/mol. The van der Waals surface area contributed by atoms with Crippen molar-refractivity contribution < 1.29 is 12.8 Å². The van der Waals surface area contributed by atoms with E-state index in [1.807, 2.05) is 32.8 Å². The highest BCUT2D eigenvalue weighted by Gasteiger charge is 2.28. The molecular weight excluding hydrogens is 293 g/mol. The average Bonchev–Trinajstić information content (AvgIpc) is 2.36. The van der Waals surface area contributed by atoms with Gasteiger partial charge in [-0.3, -0.25) is 0 Å². The van der Waals surface area contributed by atoms with Crippen LogP contribution in [0.4, 0.5) is 10.1 Å². The summed E-state index contributed by atoms with van der Waals surface area (Å²) in [5, 5.41) is 0. The van der Waals surface area contributed by atoms with Crippen LogP contribution in [0.25, 0.3) is 0 Å². The highest BCUT2D eigenvalue weighted by molar-refractivity contribution is 7.89. The molecule has 0 heterocycles. The zero-order valence-electron chi connectivity index (χ0n) is 13.0. The molecule has 7 heteroatoms. The smallest absolute Gasteiger partial charge is 0.245 e. The number of rotatable bonds is 7. The van der Waals surface area contributed by atoms with Crippen LogP contribution >= 0.6 is 0 Å². The normalized spacial score (nSPS) is 12.6. The summed E-state index contributed by atoms with van der Waals surface area (Å²) in [7, 11) is -0.0598. The number of nitrogens with zero attached hydrogens (tertiary/aromatic N) is 2. The van der Waals surface area contributed by atoms with Crippen LogP contribution < -0.4 is 5.73 Å². The van der Waals surface area contributed by atoms with Crippen molar-refractivity contribution in [1.82, 2.24) is 9.21 Å². The molecule has 0 aliphatic carbocycles. The molecule has 0 bridgehead atoms. The fourth-order valence-corrected chi connectivity index (χ4v) is 3.63. The summed E-state index contributed by atoms with van der Waals surface area (Å²) in [6.07, 6.45) is 0. The lowest BCUT2D eigenvalue weighted by atomic mass is 10.2. The molecule has 120 valence electrons. The van der Waals surface area contributed by atoms with Crippen molar-refractivity contribution in [3.05, 3.63) is 24.0 Å². The molecule has 1 aromatic carbocycles. The highest BCUT2D eigenvalue weighted by atomic mass is 32.2. The summed E-state index contributed by atoms with van der Waals surface area (Å²) >= 11 is 0. The van der Waals surface area contributed by atoms with Crippen molar-refractivity contribution in [3.63, 3.8) is 0 Å². The largest absolute Gasteiger partial charge is 0.395 e. The van der Waals surface area contributed by atoms with E-state index in [2.05, 4.69) is 0 Å². The third-order valence-electron chi connectivity index (χ3n) is 3.00. The van der Waals surface area contributed by atoms with E-state index in [0.717, 1.165) is 6.07 Å². The molecule has 0 aromatic heterocycles. The van der Waals surface area contributed by atoms with E-state index in [1.54, 1.807) is 0 Å². The topological polar surface area (TPSA) is 66.6 Å². The number of nitrogens with two attached hydrogens (primary N) is 1. The van der Waals surface area contributed by atoms with Gasteiger partial charge in [-0.15, -0.1) is 0 Å². The van der Waals surface area contributed by atoms with Crippen LogP contribution in [0.3, 0.4) is 0 Å². The zero-order chi connectivity index (χ0) is 16.2. The maximum atomic E-state index is 13.5. The molecule has 5 nitrogen and oxygen atoms in total. The van der Waals surface area contributed by atoms with Gasteiger partial charge in [-0.25, -0.2) is 12.8 Å². The first-order valence-electron chi connectivity index (χ1n) is 6.85. The maximum Gasteiger partial charge on any atom is 0.245 e. The second-order valence-electron chi connectivity index (χ2n) is 5.71. The van der Waals surface area contributed by atoms with Gasteiger partial charge in [0, 0.05) is 19.6 Å². The maximum absolute atomic E-state index is 13.5. The first-order chi connectivity index (χ1) is 9.66. The van der Waals surface area contributed by atoms with Crippen molar-refractivity contribution in [1.29, 1.82) is 0 Å². The molecule has 1 rings (SSSR count). The third-order valence-corrected chi connectivity index (χ3v) is 4.92. The zero-order valence-corrected chi connectivity index (χ0v) is 13.8. The Morgan fingerprint density at radius 1 is 1.24 bits per heavy atom. The Bertz CT molecular complexity index is 574.